The molecule has 0 atom stereocenters. The summed E-state index contributed by atoms with van der Waals surface area (Å²) in [6.45, 7) is 12.2. The van der Waals surface area contributed by atoms with Crippen molar-refractivity contribution in [2.24, 2.45) is 11.1 Å². The Labute approximate surface area is 146 Å². The highest BCUT2D eigenvalue weighted by atomic mass is 14.5. The first-order valence-electron chi connectivity index (χ1n) is 10.1. The molecule has 2 N–H and O–H groups in total. The quantitative estimate of drug-likeness (QED) is 0.337. The van der Waals surface area contributed by atoms with Crippen molar-refractivity contribution in [2.75, 3.05) is 6.54 Å². The summed E-state index contributed by atoms with van der Waals surface area (Å²) >= 11 is 0. The van der Waals surface area contributed by atoms with E-state index in [2.05, 4.69) is 46.8 Å². The summed E-state index contributed by atoms with van der Waals surface area (Å²) in [5.74, 6) is 0. The van der Waals surface area contributed by atoms with Gasteiger partial charge in [0.1, 0.15) is 0 Å². The Morgan fingerprint density at radius 1 is 0.826 bits per heavy atom. The predicted molar refractivity (Wildman–Crippen MR) is 107 cm³/mol. The van der Waals surface area contributed by atoms with Gasteiger partial charge in [-0.3, -0.25) is 0 Å². The zero-order valence-electron chi connectivity index (χ0n) is 16.7. The van der Waals surface area contributed by atoms with Crippen molar-refractivity contribution < 1.29 is 0 Å². The van der Waals surface area contributed by atoms with E-state index in [9.17, 15) is 0 Å². The average molecular weight is 322 g/mol. The van der Waals surface area contributed by atoms with Crippen LogP contribution in [0.4, 0.5) is 0 Å². The van der Waals surface area contributed by atoms with Crippen molar-refractivity contribution in [3.63, 3.8) is 0 Å². The monoisotopic (exact) mass is 321 g/mol. The second kappa shape index (κ2) is 13.8. The van der Waals surface area contributed by atoms with Crippen molar-refractivity contribution in [1.82, 2.24) is 0 Å². The van der Waals surface area contributed by atoms with Gasteiger partial charge >= 0.3 is 0 Å². The van der Waals surface area contributed by atoms with Crippen LogP contribution in [0.15, 0.2) is 23.3 Å². The lowest BCUT2D eigenvalue weighted by molar-refractivity contribution is 0.252. The third-order valence-electron chi connectivity index (χ3n) is 5.32. The standard InChI is InChI=1S/C22H43N/c1-6-9-16-22(17-10-7-2,18-11-8-3)21(5)14-12-13-20(4)15-19-23/h14-15H,6-13,16-19,23H2,1-5H3/b20-15+,21-14+. The third kappa shape index (κ3) is 9.35. The number of hydrogen-bond donors (Lipinski definition) is 1. The van der Waals surface area contributed by atoms with Gasteiger partial charge in [0, 0.05) is 6.54 Å². The summed E-state index contributed by atoms with van der Waals surface area (Å²) < 4.78 is 0. The minimum Gasteiger partial charge on any atom is -0.327 e. The molecule has 0 radical (unpaired) electrons. The number of rotatable bonds is 14. The number of nitrogens with two attached hydrogens (primary N) is 1. The van der Waals surface area contributed by atoms with Gasteiger partial charge in [-0.05, 0) is 51.4 Å². The zero-order valence-corrected chi connectivity index (χ0v) is 16.7. The van der Waals surface area contributed by atoms with Gasteiger partial charge in [-0.25, -0.2) is 0 Å². The fourth-order valence-electron chi connectivity index (χ4n) is 3.55. The maximum atomic E-state index is 5.60. The molecule has 0 rings (SSSR count). The first-order valence-corrected chi connectivity index (χ1v) is 10.1. The van der Waals surface area contributed by atoms with Crippen LogP contribution in [0, 0.1) is 5.41 Å². The third-order valence-corrected chi connectivity index (χ3v) is 5.32. The van der Waals surface area contributed by atoms with E-state index in [-0.39, 0.29) is 0 Å². The molecule has 0 fully saturated rings. The predicted octanol–water partition coefficient (Wildman–Crippen LogP) is 7.17. The average Bonchev–Trinajstić information content (AvgIpc) is 2.54. The Morgan fingerprint density at radius 3 is 1.70 bits per heavy atom. The molecule has 0 saturated heterocycles. The summed E-state index contributed by atoms with van der Waals surface area (Å²) in [4.78, 5) is 0. The van der Waals surface area contributed by atoms with Crippen LogP contribution in [0.3, 0.4) is 0 Å². The van der Waals surface area contributed by atoms with Crippen LogP contribution < -0.4 is 5.73 Å². The van der Waals surface area contributed by atoms with Crippen LogP contribution in [0.2, 0.25) is 0 Å². The molecule has 0 aromatic rings. The van der Waals surface area contributed by atoms with E-state index in [1.165, 1.54) is 69.8 Å². The Kier molecular flexibility index (Phi) is 13.5. The van der Waals surface area contributed by atoms with E-state index in [0.717, 1.165) is 6.42 Å². The Balaban J connectivity index is 5.04. The first-order chi connectivity index (χ1) is 11.1. The zero-order chi connectivity index (χ0) is 17.6. The van der Waals surface area contributed by atoms with Crippen molar-refractivity contribution >= 4 is 0 Å². The second-order valence-electron chi connectivity index (χ2n) is 7.30. The van der Waals surface area contributed by atoms with Gasteiger partial charge in [0.2, 0.25) is 0 Å². The molecule has 0 aromatic carbocycles. The fraction of sp³-hybridized carbons (Fsp3) is 0.818. The molecule has 1 heteroatoms. The van der Waals surface area contributed by atoms with Gasteiger partial charge in [-0.2, -0.15) is 0 Å². The summed E-state index contributed by atoms with van der Waals surface area (Å²) in [5.41, 5.74) is 9.16. The van der Waals surface area contributed by atoms with E-state index < -0.39 is 0 Å². The van der Waals surface area contributed by atoms with Crippen LogP contribution in [0.25, 0.3) is 0 Å². The molecular formula is C22H43N. The molecule has 0 aliphatic carbocycles. The van der Waals surface area contributed by atoms with Gasteiger partial charge in [0.15, 0.2) is 0 Å². The minimum atomic E-state index is 0.466. The Hall–Kier alpha value is -0.560. The van der Waals surface area contributed by atoms with Crippen molar-refractivity contribution in [1.29, 1.82) is 0 Å². The molecule has 0 saturated carbocycles. The van der Waals surface area contributed by atoms with E-state index in [1.54, 1.807) is 5.57 Å². The second-order valence-corrected chi connectivity index (χ2v) is 7.30. The summed E-state index contributed by atoms with van der Waals surface area (Å²) in [5, 5.41) is 0. The molecule has 0 amide bonds. The number of allylic oxidation sites excluding steroid dienone is 3. The maximum absolute atomic E-state index is 5.60. The SMILES string of the molecule is CCCCC(CCCC)(CCCC)/C(C)=C/CC/C(C)=C/CN. The fourth-order valence-corrected chi connectivity index (χ4v) is 3.55. The molecule has 23 heavy (non-hydrogen) atoms. The van der Waals surface area contributed by atoms with E-state index in [4.69, 9.17) is 5.73 Å². The molecule has 136 valence electrons. The van der Waals surface area contributed by atoms with Crippen LogP contribution in [-0.4, -0.2) is 6.54 Å². The topological polar surface area (TPSA) is 26.0 Å². The van der Waals surface area contributed by atoms with Gasteiger partial charge in [0.05, 0.1) is 0 Å². The molecule has 0 unspecified atom stereocenters. The van der Waals surface area contributed by atoms with Gasteiger partial charge < -0.3 is 5.73 Å². The molecule has 0 bridgehead atoms. The van der Waals surface area contributed by atoms with Crippen molar-refractivity contribution in [3.05, 3.63) is 23.3 Å². The lowest BCUT2D eigenvalue weighted by Gasteiger charge is -2.36. The molecule has 0 aliphatic heterocycles. The molecule has 0 aromatic heterocycles. The van der Waals surface area contributed by atoms with Crippen LogP contribution >= 0.6 is 0 Å². The van der Waals surface area contributed by atoms with Gasteiger partial charge in [0.25, 0.3) is 0 Å². The number of hydrogen-bond acceptors (Lipinski definition) is 1. The van der Waals surface area contributed by atoms with Gasteiger partial charge in [-0.1, -0.05) is 82.6 Å². The Morgan fingerprint density at radius 2 is 1.30 bits per heavy atom. The van der Waals surface area contributed by atoms with Crippen LogP contribution in [-0.2, 0) is 0 Å². The summed E-state index contributed by atoms with van der Waals surface area (Å²) in [6, 6.07) is 0. The number of unbranched alkanes of at least 4 members (excludes halogenated alkanes) is 3. The van der Waals surface area contributed by atoms with E-state index >= 15 is 0 Å². The lowest BCUT2D eigenvalue weighted by Crippen LogP contribution is -2.23. The molecular weight excluding hydrogens is 278 g/mol. The van der Waals surface area contributed by atoms with Crippen LogP contribution in [0.5, 0.6) is 0 Å². The molecule has 0 heterocycles. The first kappa shape index (κ1) is 22.4. The lowest BCUT2D eigenvalue weighted by atomic mass is 9.69. The maximum Gasteiger partial charge on any atom is 0.0109 e. The summed E-state index contributed by atoms with van der Waals surface area (Å²) in [6.07, 6.45) is 19.2. The highest BCUT2D eigenvalue weighted by Gasteiger charge is 2.29. The normalized spacial score (nSPS) is 13.7. The molecule has 1 nitrogen and oxygen atoms in total. The van der Waals surface area contributed by atoms with E-state index in [0.29, 0.717) is 12.0 Å². The summed E-state index contributed by atoms with van der Waals surface area (Å²) in [7, 11) is 0. The largest absolute Gasteiger partial charge is 0.327 e. The molecule has 0 spiro atoms. The van der Waals surface area contributed by atoms with Crippen molar-refractivity contribution in [3.8, 4) is 0 Å². The highest BCUT2D eigenvalue weighted by Crippen LogP contribution is 2.43. The van der Waals surface area contributed by atoms with Crippen molar-refractivity contribution in [2.45, 2.75) is 105 Å². The highest BCUT2D eigenvalue weighted by molar-refractivity contribution is 5.13. The van der Waals surface area contributed by atoms with E-state index in [1.807, 2.05) is 0 Å². The molecule has 0 aliphatic rings. The van der Waals surface area contributed by atoms with Gasteiger partial charge in [-0.15, -0.1) is 0 Å². The Bertz CT molecular complexity index is 316. The minimum absolute atomic E-state index is 0.466. The van der Waals surface area contributed by atoms with Crippen LogP contribution in [0.1, 0.15) is 105 Å². The smallest absolute Gasteiger partial charge is 0.0109 e.